The molecule has 0 saturated heterocycles. The fraction of sp³-hybridized carbons (Fsp3) is 0.167. The van der Waals surface area contributed by atoms with Crippen LogP contribution in [0, 0.1) is 11.8 Å². The van der Waals surface area contributed by atoms with Crippen molar-refractivity contribution < 1.29 is 13.7 Å². The third kappa shape index (κ3) is 6.39. The highest BCUT2D eigenvalue weighted by Gasteiger charge is 2.07. The van der Waals surface area contributed by atoms with Gasteiger partial charge in [0.1, 0.15) is 12.4 Å². The maximum Gasteiger partial charge on any atom is 0.322 e. The molecule has 2 aromatic rings. The molecule has 0 amide bonds. The molecule has 2 aromatic carbocycles. The molecular weight excluding hydrogens is 376 g/mol. The van der Waals surface area contributed by atoms with Crippen LogP contribution in [0.3, 0.4) is 0 Å². The molecule has 0 atom stereocenters. The summed E-state index contributed by atoms with van der Waals surface area (Å²) in [7, 11) is 0. The van der Waals surface area contributed by atoms with Gasteiger partial charge in [-0.1, -0.05) is 34.0 Å². The standard InChI is InChI=1S/C18H15BrO3S/c1-2-3-11-21-16-7-9-17(10-8-16)23-22-18(20)13-14-5-4-6-15(19)12-14/h4-10,12H,11,13H2,1H3. The minimum Gasteiger partial charge on any atom is -0.481 e. The van der Waals surface area contributed by atoms with Crippen molar-refractivity contribution in [3.63, 3.8) is 0 Å². The molecule has 23 heavy (non-hydrogen) atoms. The van der Waals surface area contributed by atoms with E-state index in [1.54, 1.807) is 6.92 Å². The summed E-state index contributed by atoms with van der Waals surface area (Å²) in [6.07, 6.45) is 0.239. The second kappa shape index (κ2) is 9.29. The molecule has 0 aliphatic carbocycles. The smallest absolute Gasteiger partial charge is 0.322 e. The first-order chi connectivity index (χ1) is 11.2. The number of hydrogen-bond donors (Lipinski definition) is 0. The molecule has 3 nitrogen and oxygen atoms in total. The van der Waals surface area contributed by atoms with Crippen LogP contribution < -0.4 is 4.74 Å². The Hall–Kier alpha value is -1.90. The van der Waals surface area contributed by atoms with Gasteiger partial charge in [0.25, 0.3) is 0 Å². The van der Waals surface area contributed by atoms with E-state index in [-0.39, 0.29) is 12.4 Å². The lowest BCUT2D eigenvalue weighted by atomic mass is 10.2. The van der Waals surface area contributed by atoms with E-state index in [1.807, 2.05) is 48.5 Å². The Labute approximate surface area is 148 Å². The van der Waals surface area contributed by atoms with Crippen LogP contribution in [0.1, 0.15) is 12.5 Å². The summed E-state index contributed by atoms with van der Waals surface area (Å²) in [5, 5.41) is 0. The topological polar surface area (TPSA) is 35.5 Å². The van der Waals surface area contributed by atoms with Gasteiger partial charge < -0.3 is 8.92 Å². The molecule has 0 bridgehead atoms. The number of carbonyl (C=O) groups excluding carboxylic acids is 1. The summed E-state index contributed by atoms with van der Waals surface area (Å²) in [5.74, 6) is 6.04. The molecule has 0 heterocycles. The zero-order valence-corrected chi connectivity index (χ0v) is 14.9. The lowest BCUT2D eigenvalue weighted by Crippen LogP contribution is -2.03. The Morgan fingerprint density at radius 3 is 2.70 bits per heavy atom. The quantitative estimate of drug-likeness (QED) is 0.531. The number of ether oxygens (including phenoxy) is 1. The molecule has 0 aromatic heterocycles. The molecule has 0 aliphatic heterocycles. The Kier molecular flexibility index (Phi) is 7.05. The number of benzene rings is 2. The number of carbonyl (C=O) groups is 1. The van der Waals surface area contributed by atoms with E-state index in [9.17, 15) is 4.79 Å². The van der Waals surface area contributed by atoms with Gasteiger partial charge in [-0.25, -0.2) is 0 Å². The Morgan fingerprint density at radius 2 is 2.00 bits per heavy atom. The van der Waals surface area contributed by atoms with Gasteiger partial charge in [0.15, 0.2) is 0 Å². The SMILES string of the molecule is CC#CCOc1ccc(SOC(=O)Cc2cccc(Br)c2)cc1. The van der Waals surface area contributed by atoms with Gasteiger partial charge in [0.2, 0.25) is 0 Å². The van der Waals surface area contributed by atoms with Gasteiger partial charge in [0.05, 0.1) is 18.5 Å². The van der Waals surface area contributed by atoms with Crippen molar-refractivity contribution in [1.29, 1.82) is 0 Å². The van der Waals surface area contributed by atoms with Gasteiger partial charge in [-0.15, -0.1) is 5.92 Å². The van der Waals surface area contributed by atoms with Crippen LogP contribution in [0.4, 0.5) is 0 Å². The van der Waals surface area contributed by atoms with E-state index in [1.165, 1.54) is 0 Å². The van der Waals surface area contributed by atoms with E-state index < -0.39 is 0 Å². The first-order valence-corrected chi connectivity index (χ1v) is 8.45. The van der Waals surface area contributed by atoms with Crippen LogP contribution in [-0.4, -0.2) is 12.6 Å². The normalized spacial score (nSPS) is 9.65. The van der Waals surface area contributed by atoms with Crippen molar-refractivity contribution in [2.75, 3.05) is 6.61 Å². The molecular formula is C18H15BrO3S. The fourth-order valence-corrected chi connectivity index (χ4v) is 2.66. The number of hydrogen-bond acceptors (Lipinski definition) is 4. The molecule has 0 saturated carbocycles. The van der Waals surface area contributed by atoms with Crippen molar-refractivity contribution in [2.24, 2.45) is 0 Å². The van der Waals surface area contributed by atoms with E-state index >= 15 is 0 Å². The second-order valence-electron chi connectivity index (χ2n) is 4.53. The molecule has 0 unspecified atom stereocenters. The maximum atomic E-state index is 11.8. The zero-order chi connectivity index (χ0) is 16.5. The number of rotatable bonds is 6. The lowest BCUT2D eigenvalue weighted by molar-refractivity contribution is -0.132. The van der Waals surface area contributed by atoms with Crippen LogP contribution in [0.5, 0.6) is 5.75 Å². The first-order valence-electron chi connectivity index (χ1n) is 6.91. The average molecular weight is 391 g/mol. The predicted molar refractivity (Wildman–Crippen MR) is 95.2 cm³/mol. The highest BCUT2D eigenvalue weighted by Crippen LogP contribution is 2.23. The Morgan fingerprint density at radius 1 is 1.22 bits per heavy atom. The van der Waals surface area contributed by atoms with E-state index in [0.29, 0.717) is 6.61 Å². The molecule has 0 fully saturated rings. The first kappa shape index (κ1) is 17.5. The molecule has 0 N–H and O–H groups in total. The number of halogens is 1. The highest BCUT2D eigenvalue weighted by atomic mass is 79.9. The van der Waals surface area contributed by atoms with E-state index in [4.69, 9.17) is 8.92 Å². The zero-order valence-electron chi connectivity index (χ0n) is 12.5. The van der Waals surface area contributed by atoms with Gasteiger partial charge in [0, 0.05) is 9.37 Å². The predicted octanol–water partition coefficient (Wildman–Crippen LogP) is 4.64. The van der Waals surface area contributed by atoms with Gasteiger partial charge in [-0.2, -0.15) is 0 Å². The van der Waals surface area contributed by atoms with Crippen molar-refractivity contribution in [3.05, 3.63) is 58.6 Å². The summed E-state index contributed by atoms with van der Waals surface area (Å²) >= 11 is 4.42. The Balaban J connectivity index is 1.80. The van der Waals surface area contributed by atoms with Gasteiger partial charge >= 0.3 is 5.97 Å². The van der Waals surface area contributed by atoms with Crippen LogP contribution in [0.25, 0.3) is 0 Å². The molecule has 2 rings (SSSR count). The molecule has 0 radical (unpaired) electrons. The summed E-state index contributed by atoms with van der Waals surface area (Å²) < 4.78 is 11.6. The third-order valence-electron chi connectivity index (χ3n) is 2.78. The molecule has 118 valence electrons. The van der Waals surface area contributed by atoms with E-state index in [2.05, 4.69) is 27.8 Å². The van der Waals surface area contributed by atoms with E-state index in [0.717, 1.165) is 32.7 Å². The van der Waals surface area contributed by atoms with Crippen LogP contribution in [-0.2, 0) is 15.4 Å². The minimum atomic E-state index is -0.286. The van der Waals surface area contributed by atoms with Gasteiger partial charge in [-0.3, -0.25) is 4.79 Å². The summed E-state index contributed by atoms with van der Waals surface area (Å²) in [6, 6.07) is 14.9. The van der Waals surface area contributed by atoms with Crippen LogP contribution in [0.15, 0.2) is 57.9 Å². The largest absolute Gasteiger partial charge is 0.481 e. The van der Waals surface area contributed by atoms with Crippen molar-refractivity contribution in [2.45, 2.75) is 18.2 Å². The summed E-state index contributed by atoms with van der Waals surface area (Å²) in [6.45, 7) is 2.14. The fourth-order valence-electron chi connectivity index (χ4n) is 1.72. The average Bonchev–Trinajstić information content (AvgIpc) is 2.54. The molecule has 0 spiro atoms. The highest BCUT2D eigenvalue weighted by molar-refractivity contribution is 9.10. The summed E-state index contributed by atoms with van der Waals surface area (Å²) in [4.78, 5) is 12.7. The second-order valence-corrected chi connectivity index (χ2v) is 6.25. The third-order valence-corrected chi connectivity index (χ3v) is 4.01. The van der Waals surface area contributed by atoms with Crippen molar-refractivity contribution in [1.82, 2.24) is 0 Å². The van der Waals surface area contributed by atoms with Gasteiger partial charge in [-0.05, 0) is 48.9 Å². The minimum absolute atomic E-state index is 0.239. The monoisotopic (exact) mass is 390 g/mol. The Bertz CT molecular complexity index is 717. The van der Waals surface area contributed by atoms with Crippen LogP contribution in [0.2, 0.25) is 0 Å². The molecule has 5 heteroatoms. The summed E-state index contributed by atoms with van der Waals surface area (Å²) in [5.41, 5.74) is 0.908. The van der Waals surface area contributed by atoms with Crippen molar-refractivity contribution in [3.8, 4) is 17.6 Å². The lowest BCUT2D eigenvalue weighted by Gasteiger charge is -2.05. The maximum absolute atomic E-state index is 11.8. The van der Waals surface area contributed by atoms with Crippen molar-refractivity contribution >= 4 is 33.9 Å². The van der Waals surface area contributed by atoms with Crippen LogP contribution >= 0.6 is 28.0 Å². The molecule has 0 aliphatic rings.